The molecule has 0 fully saturated rings. The number of para-hydroxylation sites is 1. The standard InChI is InChI=1S/C17H24N2O/c1-5-14-11-15(19(6-2)18-14)12-20-17-10-8-7-9-16(17)13(3)4/h7-11,13H,5-6,12H2,1-4H3. The minimum Gasteiger partial charge on any atom is -0.487 e. The van der Waals surface area contributed by atoms with E-state index < -0.39 is 0 Å². The molecule has 0 saturated carbocycles. The Balaban J connectivity index is 2.14. The van der Waals surface area contributed by atoms with Crippen LogP contribution in [0.3, 0.4) is 0 Å². The molecule has 0 amide bonds. The molecular weight excluding hydrogens is 248 g/mol. The summed E-state index contributed by atoms with van der Waals surface area (Å²) in [5.74, 6) is 1.44. The second-order valence-electron chi connectivity index (χ2n) is 5.28. The molecule has 0 aliphatic heterocycles. The molecule has 0 saturated heterocycles. The van der Waals surface area contributed by atoms with Gasteiger partial charge in [-0.25, -0.2) is 0 Å². The van der Waals surface area contributed by atoms with Crippen LogP contribution in [0, 0.1) is 0 Å². The molecule has 0 atom stereocenters. The van der Waals surface area contributed by atoms with E-state index in [-0.39, 0.29) is 0 Å². The molecule has 108 valence electrons. The van der Waals surface area contributed by atoms with Crippen molar-refractivity contribution in [3.8, 4) is 5.75 Å². The Morgan fingerprint density at radius 3 is 2.60 bits per heavy atom. The molecule has 2 rings (SSSR count). The van der Waals surface area contributed by atoms with Gasteiger partial charge < -0.3 is 4.74 Å². The molecule has 2 aromatic rings. The van der Waals surface area contributed by atoms with E-state index >= 15 is 0 Å². The maximum absolute atomic E-state index is 6.02. The zero-order valence-electron chi connectivity index (χ0n) is 12.9. The maximum atomic E-state index is 6.02. The van der Waals surface area contributed by atoms with Gasteiger partial charge in [0, 0.05) is 6.54 Å². The molecule has 0 aliphatic rings. The van der Waals surface area contributed by atoms with E-state index in [4.69, 9.17) is 4.74 Å². The SMILES string of the molecule is CCc1cc(COc2ccccc2C(C)C)n(CC)n1. The summed E-state index contributed by atoms with van der Waals surface area (Å²) in [6, 6.07) is 10.4. The van der Waals surface area contributed by atoms with Crippen LogP contribution < -0.4 is 4.74 Å². The molecule has 0 aliphatic carbocycles. The van der Waals surface area contributed by atoms with Gasteiger partial charge in [0.15, 0.2) is 0 Å². The van der Waals surface area contributed by atoms with Crippen molar-refractivity contribution in [3.05, 3.63) is 47.3 Å². The van der Waals surface area contributed by atoms with E-state index in [1.54, 1.807) is 0 Å². The van der Waals surface area contributed by atoms with Crippen LogP contribution in [0.5, 0.6) is 5.75 Å². The third-order valence-electron chi connectivity index (χ3n) is 3.49. The van der Waals surface area contributed by atoms with Crippen molar-refractivity contribution >= 4 is 0 Å². The van der Waals surface area contributed by atoms with Gasteiger partial charge in [0.2, 0.25) is 0 Å². The minimum atomic E-state index is 0.466. The number of aryl methyl sites for hydroxylation is 2. The lowest BCUT2D eigenvalue weighted by atomic mass is 10.0. The molecule has 20 heavy (non-hydrogen) atoms. The minimum absolute atomic E-state index is 0.466. The predicted molar refractivity (Wildman–Crippen MR) is 82.1 cm³/mol. The highest BCUT2D eigenvalue weighted by molar-refractivity contribution is 5.35. The van der Waals surface area contributed by atoms with E-state index in [2.05, 4.69) is 51.0 Å². The number of rotatable bonds is 6. The van der Waals surface area contributed by atoms with E-state index in [1.165, 1.54) is 5.56 Å². The van der Waals surface area contributed by atoms with Crippen molar-refractivity contribution in [2.75, 3.05) is 0 Å². The number of benzene rings is 1. The van der Waals surface area contributed by atoms with Crippen LogP contribution in [0.2, 0.25) is 0 Å². The Kier molecular flexibility index (Phi) is 4.83. The molecular formula is C17H24N2O. The summed E-state index contributed by atoms with van der Waals surface area (Å²) < 4.78 is 8.05. The fraction of sp³-hybridized carbons (Fsp3) is 0.471. The van der Waals surface area contributed by atoms with E-state index in [0.29, 0.717) is 12.5 Å². The maximum Gasteiger partial charge on any atom is 0.130 e. The van der Waals surface area contributed by atoms with Gasteiger partial charge in [0.1, 0.15) is 12.4 Å². The average molecular weight is 272 g/mol. The van der Waals surface area contributed by atoms with Gasteiger partial charge in [-0.05, 0) is 37.0 Å². The predicted octanol–water partition coefficient (Wildman–Crippen LogP) is 4.17. The van der Waals surface area contributed by atoms with Crippen LogP contribution in [0.1, 0.15) is 50.6 Å². The summed E-state index contributed by atoms with van der Waals surface area (Å²) >= 11 is 0. The van der Waals surface area contributed by atoms with Gasteiger partial charge in [-0.2, -0.15) is 5.10 Å². The lowest BCUT2D eigenvalue weighted by molar-refractivity contribution is 0.288. The molecule has 3 heteroatoms. The van der Waals surface area contributed by atoms with Crippen LogP contribution in [0.25, 0.3) is 0 Å². The summed E-state index contributed by atoms with van der Waals surface area (Å²) in [5.41, 5.74) is 3.52. The molecule has 0 spiro atoms. The Bertz CT molecular complexity index is 558. The largest absolute Gasteiger partial charge is 0.487 e. The molecule has 0 radical (unpaired) electrons. The zero-order valence-corrected chi connectivity index (χ0v) is 12.9. The van der Waals surface area contributed by atoms with Crippen molar-refractivity contribution in [2.24, 2.45) is 0 Å². The Hall–Kier alpha value is -1.77. The van der Waals surface area contributed by atoms with Crippen molar-refractivity contribution < 1.29 is 4.74 Å². The first kappa shape index (κ1) is 14.6. The number of hydrogen-bond acceptors (Lipinski definition) is 2. The highest BCUT2D eigenvalue weighted by Gasteiger charge is 2.10. The van der Waals surface area contributed by atoms with Crippen molar-refractivity contribution in [1.82, 2.24) is 9.78 Å². The highest BCUT2D eigenvalue weighted by atomic mass is 16.5. The number of aromatic nitrogens is 2. The number of hydrogen-bond donors (Lipinski definition) is 0. The van der Waals surface area contributed by atoms with Gasteiger partial charge in [0.05, 0.1) is 11.4 Å². The normalized spacial score (nSPS) is 11.1. The molecule has 1 heterocycles. The molecule has 0 N–H and O–H groups in total. The first-order chi connectivity index (χ1) is 9.65. The Labute approximate surface area is 121 Å². The smallest absolute Gasteiger partial charge is 0.130 e. The van der Waals surface area contributed by atoms with Crippen LogP contribution in [-0.2, 0) is 19.6 Å². The van der Waals surface area contributed by atoms with E-state index in [1.807, 2.05) is 16.8 Å². The fourth-order valence-corrected chi connectivity index (χ4v) is 2.32. The van der Waals surface area contributed by atoms with Gasteiger partial charge in [-0.15, -0.1) is 0 Å². The first-order valence-electron chi connectivity index (χ1n) is 7.43. The van der Waals surface area contributed by atoms with Gasteiger partial charge in [0.25, 0.3) is 0 Å². The second-order valence-corrected chi connectivity index (χ2v) is 5.28. The molecule has 1 aromatic heterocycles. The van der Waals surface area contributed by atoms with Crippen LogP contribution in [-0.4, -0.2) is 9.78 Å². The van der Waals surface area contributed by atoms with Gasteiger partial charge in [-0.3, -0.25) is 4.68 Å². The monoisotopic (exact) mass is 272 g/mol. The van der Waals surface area contributed by atoms with Gasteiger partial charge >= 0.3 is 0 Å². The van der Waals surface area contributed by atoms with Crippen molar-refractivity contribution in [2.45, 2.75) is 53.2 Å². The first-order valence-corrected chi connectivity index (χ1v) is 7.43. The Morgan fingerprint density at radius 2 is 1.95 bits per heavy atom. The molecule has 0 bridgehead atoms. The third-order valence-corrected chi connectivity index (χ3v) is 3.49. The lowest BCUT2D eigenvalue weighted by Gasteiger charge is -2.14. The van der Waals surface area contributed by atoms with Crippen LogP contribution >= 0.6 is 0 Å². The zero-order chi connectivity index (χ0) is 14.5. The summed E-state index contributed by atoms with van der Waals surface area (Å²) in [4.78, 5) is 0. The van der Waals surface area contributed by atoms with Crippen LogP contribution in [0.15, 0.2) is 30.3 Å². The van der Waals surface area contributed by atoms with Crippen LogP contribution in [0.4, 0.5) is 0 Å². The highest BCUT2D eigenvalue weighted by Crippen LogP contribution is 2.26. The number of ether oxygens (including phenoxy) is 1. The van der Waals surface area contributed by atoms with Crippen molar-refractivity contribution in [1.29, 1.82) is 0 Å². The summed E-state index contributed by atoms with van der Waals surface area (Å²) in [7, 11) is 0. The van der Waals surface area contributed by atoms with Gasteiger partial charge in [-0.1, -0.05) is 39.0 Å². The second kappa shape index (κ2) is 6.60. The number of nitrogens with zero attached hydrogens (tertiary/aromatic N) is 2. The third kappa shape index (κ3) is 3.21. The van der Waals surface area contributed by atoms with Crippen molar-refractivity contribution in [3.63, 3.8) is 0 Å². The Morgan fingerprint density at radius 1 is 1.20 bits per heavy atom. The summed E-state index contributed by atoms with van der Waals surface area (Å²) in [5, 5.41) is 4.55. The van der Waals surface area contributed by atoms with E-state index in [0.717, 1.165) is 30.1 Å². The molecule has 3 nitrogen and oxygen atoms in total. The average Bonchev–Trinajstić information content (AvgIpc) is 2.87. The summed E-state index contributed by atoms with van der Waals surface area (Å²) in [6.07, 6.45) is 0.961. The molecule has 0 unspecified atom stereocenters. The lowest BCUT2D eigenvalue weighted by Crippen LogP contribution is -2.07. The summed E-state index contributed by atoms with van der Waals surface area (Å²) in [6.45, 7) is 10.1. The fourth-order valence-electron chi connectivity index (χ4n) is 2.32. The van der Waals surface area contributed by atoms with E-state index in [9.17, 15) is 0 Å². The topological polar surface area (TPSA) is 27.1 Å². The molecule has 1 aromatic carbocycles. The quantitative estimate of drug-likeness (QED) is 0.789.